The highest BCUT2D eigenvalue weighted by Crippen LogP contribution is 2.28. The molecule has 3 heteroatoms. The maximum Gasteiger partial charge on any atom is 0.124 e. The van der Waals surface area contributed by atoms with Gasteiger partial charge in [0.05, 0.1) is 13.2 Å². The SMILES string of the molecule is COc1ccccc1C(O)CCCCCCl. The average molecular weight is 243 g/mol. The molecule has 0 saturated heterocycles. The molecule has 0 aliphatic rings. The van der Waals surface area contributed by atoms with E-state index in [9.17, 15) is 5.11 Å². The van der Waals surface area contributed by atoms with Gasteiger partial charge in [-0.15, -0.1) is 11.6 Å². The van der Waals surface area contributed by atoms with Crippen molar-refractivity contribution in [3.05, 3.63) is 29.8 Å². The van der Waals surface area contributed by atoms with Gasteiger partial charge in [-0.05, 0) is 18.9 Å². The fourth-order valence-electron chi connectivity index (χ4n) is 1.71. The van der Waals surface area contributed by atoms with Crippen molar-refractivity contribution in [3.63, 3.8) is 0 Å². The number of rotatable bonds is 7. The van der Waals surface area contributed by atoms with Crippen LogP contribution < -0.4 is 4.74 Å². The third-order valence-corrected chi connectivity index (χ3v) is 2.88. The van der Waals surface area contributed by atoms with E-state index in [1.54, 1.807) is 7.11 Å². The normalized spacial score (nSPS) is 12.4. The Morgan fingerprint density at radius 1 is 1.25 bits per heavy atom. The Labute approximate surface area is 102 Å². The minimum atomic E-state index is -0.438. The quantitative estimate of drug-likeness (QED) is 0.586. The van der Waals surface area contributed by atoms with E-state index >= 15 is 0 Å². The molecule has 0 aliphatic carbocycles. The van der Waals surface area contributed by atoms with Crippen LogP contribution in [0.5, 0.6) is 5.75 Å². The zero-order chi connectivity index (χ0) is 11.8. The Morgan fingerprint density at radius 2 is 2.00 bits per heavy atom. The summed E-state index contributed by atoms with van der Waals surface area (Å²) in [5.41, 5.74) is 0.871. The first kappa shape index (κ1) is 13.3. The van der Waals surface area contributed by atoms with E-state index in [1.165, 1.54) is 0 Å². The number of unbranched alkanes of at least 4 members (excludes halogenated alkanes) is 2. The number of aliphatic hydroxyl groups is 1. The fourth-order valence-corrected chi connectivity index (χ4v) is 1.90. The Kier molecular flexibility index (Phi) is 6.27. The maximum absolute atomic E-state index is 10.0. The average Bonchev–Trinajstić information content (AvgIpc) is 2.34. The molecule has 0 radical (unpaired) electrons. The second kappa shape index (κ2) is 7.53. The van der Waals surface area contributed by atoms with Gasteiger partial charge >= 0.3 is 0 Å². The van der Waals surface area contributed by atoms with Crippen LogP contribution in [0.1, 0.15) is 37.4 Å². The van der Waals surface area contributed by atoms with Crippen LogP contribution in [0.4, 0.5) is 0 Å². The minimum absolute atomic E-state index is 0.438. The summed E-state index contributed by atoms with van der Waals surface area (Å²) in [6.07, 6.45) is 3.39. The van der Waals surface area contributed by atoms with Gasteiger partial charge in [0.15, 0.2) is 0 Å². The van der Waals surface area contributed by atoms with Crippen molar-refractivity contribution in [2.24, 2.45) is 0 Å². The summed E-state index contributed by atoms with van der Waals surface area (Å²) in [6, 6.07) is 7.60. The molecule has 0 fully saturated rings. The fraction of sp³-hybridized carbons (Fsp3) is 0.538. The number of aliphatic hydroxyl groups excluding tert-OH is 1. The molecule has 2 nitrogen and oxygen atoms in total. The zero-order valence-electron chi connectivity index (χ0n) is 9.66. The molecule has 0 aliphatic heterocycles. The summed E-state index contributed by atoms with van der Waals surface area (Å²) < 4.78 is 5.21. The smallest absolute Gasteiger partial charge is 0.124 e. The molecular formula is C13H19ClO2. The highest BCUT2D eigenvalue weighted by molar-refractivity contribution is 6.17. The van der Waals surface area contributed by atoms with Gasteiger partial charge in [0.2, 0.25) is 0 Å². The lowest BCUT2D eigenvalue weighted by Crippen LogP contribution is -2.00. The van der Waals surface area contributed by atoms with Crippen LogP contribution in [-0.2, 0) is 0 Å². The molecule has 90 valence electrons. The third-order valence-electron chi connectivity index (χ3n) is 2.61. The monoisotopic (exact) mass is 242 g/mol. The summed E-state index contributed by atoms with van der Waals surface area (Å²) in [6.45, 7) is 0. The van der Waals surface area contributed by atoms with E-state index in [0.29, 0.717) is 5.88 Å². The first-order chi connectivity index (χ1) is 7.79. The van der Waals surface area contributed by atoms with E-state index in [1.807, 2.05) is 24.3 Å². The van der Waals surface area contributed by atoms with Crippen LogP contribution in [0.3, 0.4) is 0 Å². The number of methoxy groups -OCH3 is 1. The highest BCUT2D eigenvalue weighted by atomic mass is 35.5. The Balaban J connectivity index is 2.48. The maximum atomic E-state index is 10.0. The number of hydrogen-bond acceptors (Lipinski definition) is 2. The summed E-state index contributed by atoms with van der Waals surface area (Å²) >= 11 is 5.60. The van der Waals surface area contributed by atoms with Crippen molar-refractivity contribution in [1.29, 1.82) is 0 Å². The molecule has 1 aromatic rings. The van der Waals surface area contributed by atoms with Crippen molar-refractivity contribution in [2.45, 2.75) is 31.8 Å². The van der Waals surface area contributed by atoms with Gasteiger partial charge < -0.3 is 9.84 Å². The lowest BCUT2D eigenvalue weighted by Gasteiger charge is -2.14. The van der Waals surface area contributed by atoms with Crippen molar-refractivity contribution in [2.75, 3.05) is 13.0 Å². The number of hydrogen-bond donors (Lipinski definition) is 1. The topological polar surface area (TPSA) is 29.5 Å². The van der Waals surface area contributed by atoms with Crippen LogP contribution in [0.25, 0.3) is 0 Å². The van der Waals surface area contributed by atoms with Gasteiger partial charge in [0.1, 0.15) is 5.75 Å². The van der Waals surface area contributed by atoms with Crippen molar-refractivity contribution < 1.29 is 9.84 Å². The van der Waals surface area contributed by atoms with Gasteiger partial charge in [-0.25, -0.2) is 0 Å². The van der Waals surface area contributed by atoms with Crippen LogP contribution in [0, 0.1) is 0 Å². The molecule has 1 unspecified atom stereocenters. The van der Waals surface area contributed by atoms with Gasteiger partial charge in [-0.2, -0.15) is 0 Å². The zero-order valence-corrected chi connectivity index (χ0v) is 10.4. The predicted octanol–water partition coefficient (Wildman–Crippen LogP) is 3.53. The van der Waals surface area contributed by atoms with Crippen LogP contribution >= 0.6 is 11.6 Å². The van der Waals surface area contributed by atoms with E-state index in [4.69, 9.17) is 16.3 Å². The lowest BCUT2D eigenvalue weighted by atomic mass is 10.0. The molecule has 1 atom stereocenters. The second-order valence-electron chi connectivity index (χ2n) is 3.80. The number of benzene rings is 1. The molecule has 1 rings (SSSR count). The summed E-state index contributed by atoms with van der Waals surface area (Å²) in [4.78, 5) is 0. The molecule has 0 bridgehead atoms. The summed E-state index contributed by atoms with van der Waals surface area (Å²) in [7, 11) is 1.62. The van der Waals surface area contributed by atoms with Gasteiger partial charge in [-0.1, -0.05) is 31.0 Å². The molecule has 0 heterocycles. The number of alkyl halides is 1. The Hall–Kier alpha value is -0.730. The standard InChI is InChI=1S/C13H19ClO2/c1-16-13-9-5-4-7-11(13)12(15)8-3-2-6-10-14/h4-5,7,9,12,15H,2-3,6,8,10H2,1H3. The van der Waals surface area contributed by atoms with Crippen LogP contribution in [-0.4, -0.2) is 18.1 Å². The molecule has 0 saturated carbocycles. The predicted molar refractivity (Wildman–Crippen MR) is 67.1 cm³/mol. The molecule has 0 aromatic heterocycles. The molecule has 0 amide bonds. The second-order valence-corrected chi connectivity index (χ2v) is 4.17. The van der Waals surface area contributed by atoms with E-state index < -0.39 is 6.10 Å². The van der Waals surface area contributed by atoms with Crippen molar-refractivity contribution in [1.82, 2.24) is 0 Å². The Bertz CT molecular complexity index is 302. The molecular weight excluding hydrogens is 224 g/mol. The van der Waals surface area contributed by atoms with Gasteiger partial charge in [0, 0.05) is 11.4 Å². The van der Waals surface area contributed by atoms with Gasteiger partial charge in [-0.3, -0.25) is 0 Å². The minimum Gasteiger partial charge on any atom is -0.496 e. The first-order valence-corrected chi connectivity index (χ1v) is 6.20. The van der Waals surface area contributed by atoms with Crippen molar-refractivity contribution in [3.8, 4) is 5.75 Å². The van der Waals surface area contributed by atoms with Crippen LogP contribution in [0.15, 0.2) is 24.3 Å². The molecule has 16 heavy (non-hydrogen) atoms. The Morgan fingerprint density at radius 3 is 2.69 bits per heavy atom. The summed E-state index contributed by atoms with van der Waals surface area (Å²) in [5, 5.41) is 10.0. The van der Waals surface area contributed by atoms with E-state index in [0.717, 1.165) is 37.0 Å². The third kappa shape index (κ3) is 4.03. The van der Waals surface area contributed by atoms with E-state index in [-0.39, 0.29) is 0 Å². The number of ether oxygens (including phenoxy) is 1. The highest BCUT2D eigenvalue weighted by Gasteiger charge is 2.11. The number of para-hydroxylation sites is 1. The lowest BCUT2D eigenvalue weighted by molar-refractivity contribution is 0.159. The largest absolute Gasteiger partial charge is 0.496 e. The van der Waals surface area contributed by atoms with Gasteiger partial charge in [0.25, 0.3) is 0 Å². The molecule has 1 aromatic carbocycles. The summed E-state index contributed by atoms with van der Waals surface area (Å²) in [5.74, 6) is 1.46. The molecule has 1 N–H and O–H groups in total. The van der Waals surface area contributed by atoms with Crippen molar-refractivity contribution >= 4 is 11.6 Å². The number of halogens is 1. The first-order valence-electron chi connectivity index (χ1n) is 5.66. The molecule has 0 spiro atoms. The van der Waals surface area contributed by atoms with Crippen LogP contribution in [0.2, 0.25) is 0 Å². The van der Waals surface area contributed by atoms with E-state index in [2.05, 4.69) is 0 Å².